The van der Waals surface area contributed by atoms with Crippen molar-refractivity contribution in [1.29, 1.82) is 0 Å². The van der Waals surface area contributed by atoms with Gasteiger partial charge in [-0.3, -0.25) is 0 Å². The minimum absolute atomic E-state index is 1.06. The summed E-state index contributed by atoms with van der Waals surface area (Å²) in [6.07, 6.45) is 6.50. The molecule has 86 valence electrons. The molecule has 0 N–H and O–H groups in total. The normalized spacial score (nSPS) is 17.1. The van der Waals surface area contributed by atoms with Crippen LogP contribution < -0.4 is 0 Å². The zero-order chi connectivity index (χ0) is 11.3. The monoisotopic (exact) mass is 288 g/mol. The van der Waals surface area contributed by atoms with E-state index < -0.39 is 8.32 Å². The summed E-state index contributed by atoms with van der Waals surface area (Å²) < 4.78 is 7.51. The predicted molar refractivity (Wildman–Crippen MR) is 72.6 cm³/mol. The molecule has 0 aromatic rings. The molecule has 0 fully saturated rings. The van der Waals surface area contributed by atoms with Crippen LogP contribution in [0.2, 0.25) is 18.1 Å². The molecule has 1 aliphatic carbocycles. The van der Waals surface area contributed by atoms with E-state index in [1.54, 1.807) is 0 Å². The Morgan fingerprint density at radius 1 is 1.27 bits per heavy atom. The van der Waals surface area contributed by atoms with Gasteiger partial charge in [0.25, 0.3) is 0 Å². The summed E-state index contributed by atoms with van der Waals surface area (Å²) in [6, 6.07) is 3.65. The first kappa shape index (κ1) is 13.0. The van der Waals surface area contributed by atoms with Crippen molar-refractivity contribution in [2.75, 3.05) is 0 Å². The van der Waals surface area contributed by atoms with Gasteiger partial charge in [0.2, 0.25) is 8.32 Å². The van der Waals surface area contributed by atoms with Gasteiger partial charge in [-0.25, -0.2) is 0 Å². The van der Waals surface area contributed by atoms with E-state index in [-0.39, 0.29) is 0 Å². The summed E-state index contributed by atoms with van der Waals surface area (Å²) >= 11 is 3.58. The molecule has 0 amide bonds. The van der Waals surface area contributed by atoms with Crippen LogP contribution in [0.5, 0.6) is 0 Å². The molecule has 0 bridgehead atoms. The molecule has 0 spiro atoms. The number of rotatable bonds is 5. The van der Waals surface area contributed by atoms with Crippen molar-refractivity contribution in [3.05, 3.63) is 22.4 Å². The van der Waals surface area contributed by atoms with E-state index in [9.17, 15) is 0 Å². The van der Waals surface area contributed by atoms with Crippen LogP contribution in [0.15, 0.2) is 22.4 Å². The highest BCUT2D eigenvalue weighted by molar-refractivity contribution is 9.11. The Kier molecular flexibility index (Phi) is 5.13. The largest absolute Gasteiger partial charge is 0.546 e. The fraction of sp³-hybridized carbons (Fsp3) is 0.667. The fourth-order valence-electron chi connectivity index (χ4n) is 1.94. The Hall–Kier alpha value is -0.0231. The van der Waals surface area contributed by atoms with Crippen molar-refractivity contribution in [2.24, 2.45) is 0 Å². The molecule has 0 unspecified atom stereocenters. The zero-order valence-corrected chi connectivity index (χ0v) is 12.6. The molecule has 3 heteroatoms. The lowest BCUT2D eigenvalue weighted by molar-refractivity contribution is 0.382. The highest BCUT2D eigenvalue weighted by Crippen LogP contribution is 2.31. The Balaban J connectivity index is 2.77. The summed E-state index contributed by atoms with van der Waals surface area (Å²) in [5, 5.41) is 0. The van der Waals surface area contributed by atoms with E-state index in [0.717, 1.165) is 17.3 Å². The van der Waals surface area contributed by atoms with Gasteiger partial charge in [-0.2, -0.15) is 0 Å². The minimum Gasteiger partial charge on any atom is -0.546 e. The second kappa shape index (κ2) is 5.90. The maximum atomic E-state index is 6.36. The Morgan fingerprint density at radius 3 is 2.33 bits per heavy atom. The maximum absolute atomic E-state index is 6.36. The van der Waals surface area contributed by atoms with Gasteiger partial charge in [-0.05, 0) is 46.6 Å². The van der Waals surface area contributed by atoms with Crippen LogP contribution in [0, 0.1) is 0 Å². The second-order valence-electron chi connectivity index (χ2n) is 4.06. The Morgan fingerprint density at radius 2 is 1.87 bits per heavy atom. The third-order valence-electron chi connectivity index (χ3n) is 3.34. The third-order valence-corrected chi connectivity index (χ3v) is 8.59. The smallest absolute Gasteiger partial charge is 0.250 e. The summed E-state index contributed by atoms with van der Waals surface area (Å²) in [7, 11) is -1.47. The molecule has 0 aromatic carbocycles. The van der Waals surface area contributed by atoms with Crippen LogP contribution in [0.1, 0.15) is 33.6 Å². The Bertz CT molecular complexity index is 259. The van der Waals surface area contributed by atoms with E-state index in [1.807, 2.05) is 0 Å². The molecule has 0 heterocycles. The standard InChI is InChI=1S/C12H21BrOSi/c1-4-15(5-2,6-3)14-12-10-8-7-9-11(12)13/h7,9H,4-6,8,10H2,1-3H3. The Labute approximate surface area is 103 Å². The summed E-state index contributed by atoms with van der Waals surface area (Å²) in [5.74, 6) is 1.19. The summed E-state index contributed by atoms with van der Waals surface area (Å²) in [4.78, 5) is 0. The lowest BCUT2D eigenvalue weighted by Crippen LogP contribution is -2.35. The average molecular weight is 289 g/mol. The number of hydrogen-bond donors (Lipinski definition) is 0. The topological polar surface area (TPSA) is 9.23 Å². The molecule has 0 aromatic heterocycles. The van der Waals surface area contributed by atoms with E-state index in [2.05, 4.69) is 48.9 Å². The van der Waals surface area contributed by atoms with Crippen molar-refractivity contribution < 1.29 is 4.43 Å². The zero-order valence-electron chi connectivity index (χ0n) is 9.98. The van der Waals surface area contributed by atoms with Crippen LogP contribution >= 0.6 is 15.9 Å². The quantitative estimate of drug-likeness (QED) is 0.650. The highest BCUT2D eigenvalue weighted by atomic mass is 79.9. The van der Waals surface area contributed by atoms with Crippen LogP contribution in [-0.4, -0.2) is 8.32 Å². The first-order valence-corrected chi connectivity index (χ1v) is 9.24. The van der Waals surface area contributed by atoms with Crippen molar-refractivity contribution in [3.8, 4) is 0 Å². The van der Waals surface area contributed by atoms with Gasteiger partial charge < -0.3 is 4.43 Å². The number of hydrogen-bond acceptors (Lipinski definition) is 1. The molecule has 15 heavy (non-hydrogen) atoms. The fourth-order valence-corrected chi connectivity index (χ4v) is 5.22. The summed E-state index contributed by atoms with van der Waals surface area (Å²) in [6.45, 7) is 6.81. The van der Waals surface area contributed by atoms with Gasteiger partial charge in [-0.1, -0.05) is 26.8 Å². The number of allylic oxidation sites excluding steroid dienone is 4. The van der Waals surface area contributed by atoms with Crippen LogP contribution in [0.3, 0.4) is 0 Å². The minimum atomic E-state index is -1.47. The lowest BCUT2D eigenvalue weighted by atomic mass is 10.2. The molecule has 1 nitrogen and oxygen atoms in total. The molecular formula is C12H21BrOSi. The van der Waals surface area contributed by atoms with E-state index in [4.69, 9.17) is 4.43 Å². The van der Waals surface area contributed by atoms with Crippen molar-refractivity contribution in [2.45, 2.75) is 51.7 Å². The average Bonchev–Trinajstić information content (AvgIpc) is 2.29. The van der Waals surface area contributed by atoms with Gasteiger partial charge in [0, 0.05) is 6.42 Å². The van der Waals surface area contributed by atoms with Gasteiger partial charge in [-0.15, -0.1) is 0 Å². The van der Waals surface area contributed by atoms with Gasteiger partial charge in [0.05, 0.1) is 10.2 Å². The van der Waals surface area contributed by atoms with E-state index in [0.29, 0.717) is 0 Å². The molecule has 0 radical (unpaired) electrons. The van der Waals surface area contributed by atoms with Crippen molar-refractivity contribution in [3.63, 3.8) is 0 Å². The third kappa shape index (κ3) is 3.21. The molecule has 0 saturated heterocycles. The molecule has 0 saturated carbocycles. The second-order valence-corrected chi connectivity index (χ2v) is 9.60. The van der Waals surface area contributed by atoms with Crippen LogP contribution in [0.4, 0.5) is 0 Å². The summed E-state index contributed by atoms with van der Waals surface area (Å²) in [5.41, 5.74) is 0. The van der Waals surface area contributed by atoms with Crippen molar-refractivity contribution >= 4 is 24.2 Å². The first-order chi connectivity index (χ1) is 7.17. The van der Waals surface area contributed by atoms with Crippen LogP contribution in [0.25, 0.3) is 0 Å². The number of halogens is 1. The lowest BCUT2D eigenvalue weighted by Gasteiger charge is -2.31. The van der Waals surface area contributed by atoms with E-state index >= 15 is 0 Å². The van der Waals surface area contributed by atoms with E-state index in [1.165, 1.54) is 23.9 Å². The molecule has 1 rings (SSSR count). The van der Waals surface area contributed by atoms with Gasteiger partial charge >= 0.3 is 0 Å². The first-order valence-electron chi connectivity index (χ1n) is 5.91. The maximum Gasteiger partial charge on any atom is 0.250 e. The van der Waals surface area contributed by atoms with Crippen LogP contribution in [-0.2, 0) is 4.43 Å². The van der Waals surface area contributed by atoms with Crippen molar-refractivity contribution in [1.82, 2.24) is 0 Å². The van der Waals surface area contributed by atoms with Gasteiger partial charge in [0.1, 0.15) is 0 Å². The SMILES string of the molecule is CC[Si](CC)(CC)OC1=C(Br)C=CCC1. The highest BCUT2D eigenvalue weighted by Gasteiger charge is 2.31. The molecule has 0 aliphatic heterocycles. The molecule has 0 atom stereocenters. The predicted octanol–water partition coefficient (Wildman–Crippen LogP) is 4.96. The van der Waals surface area contributed by atoms with Gasteiger partial charge in [0.15, 0.2) is 0 Å². The molecular weight excluding hydrogens is 268 g/mol. The molecule has 1 aliphatic rings.